The maximum Gasteiger partial charge on any atom is 0.223 e. The topological polar surface area (TPSA) is 49.9 Å². The Bertz CT molecular complexity index is 650. The highest BCUT2D eigenvalue weighted by Gasteiger charge is 2.43. The number of benzene rings is 1. The van der Waals surface area contributed by atoms with Crippen molar-refractivity contribution >= 4 is 11.7 Å². The molecule has 2 aliphatic heterocycles. The Morgan fingerprint density at radius 3 is 2.69 bits per heavy atom. The van der Waals surface area contributed by atoms with Crippen molar-refractivity contribution in [2.24, 2.45) is 0 Å². The first-order chi connectivity index (χ1) is 12.5. The Morgan fingerprint density at radius 2 is 1.96 bits per heavy atom. The lowest BCUT2D eigenvalue weighted by Gasteiger charge is -2.44. The zero-order valence-corrected chi connectivity index (χ0v) is 16.0. The first-order valence-corrected chi connectivity index (χ1v) is 9.80. The number of amides is 1. The molecule has 0 aromatic heterocycles. The van der Waals surface area contributed by atoms with Crippen LogP contribution in [0.3, 0.4) is 0 Å². The van der Waals surface area contributed by atoms with Crippen LogP contribution in [0.15, 0.2) is 24.3 Å². The third-order valence-electron chi connectivity index (χ3n) is 5.62. The number of fused-ring (bicyclic) bond motifs is 1. The molecule has 0 saturated carbocycles. The van der Waals surface area contributed by atoms with Crippen molar-refractivity contribution in [2.45, 2.75) is 51.0 Å². The summed E-state index contributed by atoms with van der Waals surface area (Å²) < 4.78 is 6.23. The lowest BCUT2D eigenvalue weighted by atomic mass is 9.82. The predicted molar refractivity (Wildman–Crippen MR) is 102 cm³/mol. The van der Waals surface area contributed by atoms with E-state index in [1.54, 1.807) is 0 Å². The molecule has 0 radical (unpaired) electrons. The molecule has 1 fully saturated rings. The van der Waals surface area contributed by atoms with Gasteiger partial charge >= 0.3 is 0 Å². The van der Waals surface area contributed by atoms with Crippen molar-refractivity contribution in [2.75, 3.05) is 33.2 Å². The van der Waals surface area contributed by atoms with E-state index >= 15 is 0 Å². The summed E-state index contributed by atoms with van der Waals surface area (Å²) in [6, 6.07) is 7.48. The number of piperidine rings is 1. The van der Waals surface area contributed by atoms with Crippen molar-refractivity contribution in [3.63, 3.8) is 0 Å². The van der Waals surface area contributed by atoms with Gasteiger partial charge in [0.1, 0.15) is 11.4 Å². The fraction of sp³-hybridized carbons (Fsp3) is 0.619. The van der Waals surface area contributed by atoms with Gasteiger partial charge in [-0.15, -0.1) is 0 Å². The highest BCUT2D eigenvalue weighted by atomic mass is 16.5. The zero-order chi connectivity index (χ0) is 18.6. The maximum atomic E-state index is 12.5. The number of rotatable bonds is 6. The van der Waals surface area contributed by atoms with Crippen LogP contribution in [0, 0.1) is 0 Å². The molecular formula is C21H30N2O3. The lowest BCUT2D eigenvalue weighted by Crippen LogP contribution is -2.52. The monoisotopic (exact) mass is 358 g/mol. The van der Waals surface area contributed by atoms with Gasteiger partial charge in [-0.05, 0) is 32.1 Å². The molecule has 1 aromatic carbocycles. The van der Waals surface area contributed by atoms with Gasteiger partial charge in [0.25, 0.3) is 0 Å². The number of likely N-dealkylation sites (tertiary alicyclic amines) is 1. The normalized spacial score (nSPS) is 18.7. The van der Waals surface area contributed by atoms with E-state index in [1.165, 1.54) is 12.8 Å². The van der Waals surface area contributed by atoms with Gasteiger partial charge in [-0.25, -0.2) is 0 Å². The minimum Gasteiger partial charge on any atom is -0.486 e. The fourth-order valence-electron chi connectivity index (χ4n) is 3.87. The van der Waals surface area contributed by atoms with Crippen molar-refractivity contribution in [1.29, 1.82) is 0 Å². The average molecular weight is 358 g/mol. The number of hydrogen-bond acceptors (Lipinski definition) is 4. The minimum atomic E-state index is -0.430. The third kappa shape index (κ3) is 4.26. The van der Waals surface area contributed by atoms with E-state index < -0.39 is 5.60 Å². The fourth-order valence-corrected chi connectivity index (χ4v) is 3.87. The first-order valence-electron chi connectivity index (χ1n) is 9.80. The van der Waals surface area contributed by atoms with Crippen LogP contribution in [0.4, 0.5) is 0 Å². The first kappa shape index (κ1) is 18.9. The van der Waals surface area contributed by atoms with Crippen molar-refractivity contribution in [1.82, 2.24) is 9.80 Å². The van der Waals surface area contributed by atoms with E-state index in [2.05, 4.69) is 18.9 Å². The molecule has 0 bridgehead atoms. The number of carbonyl (C=O) groups excluding carboxylic acids is 2. The molecule has 3 rings (SSSR count). The van der Waals surface area contributed by atoms with Crippen LogP contribution in [-0.4, -0.2) is 60.3 Å². The van der Waals surface area contributed by atoms with Gasteiger partial charge in [0.15, 0.2) is 5.78 Å². The molecule has 2 aliphatic rings. The molecule has 1 aromatic rings. The Kier molecular flexibility index (Phi) is 5.97. The van der Waals surface area contributed by atoms with Crippen LogP contribution in [-0.2, 0) is 4.79 Å². The number of unbranched alkanes of at least 4 members (excludes halogenated alkanes) is 1. The van der Waals surface area contributed by atoms with Gasteiger partial charge in [0, 0.05) is 38.9 Å². The Morgan fingerprint density at radius 1 is 1.23 bits per heavy atom. The molecule has 5 nitrogen and oxygen atoms in total. The van der Waals surface area contributed by atoms with E-state index in [4.69, 9.17) is 4.74 Å². The molecule has 1 spiro atoms. The Labute approximate surface area is 156 Å². The summed E-state index contributed by atoms with van der Waals surface area (Å²) in [4.78, 5) is 29.1. The second-order valence-corrected chi connectivity index (χ2v) is 7.67. The molecule has 5 heteroatoms. The van der Waals surface area contributed by atoms with Gasteiger partial charge in [0.05, 0.1) is 12.0 Å². The third-order valence-corrected chi connectivity index (χ3v) is 5.62. The summed E-state index contributed by atoms with van der Waals surface area (Å²) in [5.74, 6) is 1.07. The number of nitrogens with zero attached hydrogens (tertiary/aromatic N) is 2. The van der Waals surface area contributed by atoms with Crippen LogP contribution in [0.2, 0.25) is 0 Å². The Balaban J connectivity index is 1.51. The molecule has 0 aliphatic carbocycles. The van der Waals surface area contributed by atoms with Crippen molar-refractivity contribution < 1.29 is 14.3 Å². The smallest absolute Gasteiger partial charge is 0.223 e. The van der Waals surface area contributed by atoms with E-state index in [1.807, 2.05) is 29.2 Å². The molecular weight excluding hydrogens is 328 g/mol. The Hall–Kier alpha value is -1.88. The molecule has 0 atom stereocenters. The van der Waals surface area contributed by atoms with Crippen LogP contribution >= 0.6 is 0 Å². The van der Waals surface area contributed by atoms with E-state index in [-0.39, 0.29) is 11.7 Å². The van der Waals surface area contributed by atoms with E-state index in [0.29, 0.717) is 37.2 Å². The minimum absolute atomic E-state index is 0.157. The quantitative estimate of drug-likeness (QED) is 0.784. The number of ether oxygens (including phenoxy) is 1. The molecule has 2 heterocycles. The summed E-state index contributed by atoms with van der Waals surface area (Å²) >= 11 is 0. The van der Waals surface area contributed by atoms with E-state index in [9.17, 15) is 9.59 Å². The summed E-state index contributed by atoms with van der Waals surface area (Å²) in [6.07, 6.45) is 4.79. The van der Waals surface area contributed by atoms with Gasteiger partial charge in [0.2, 0.25) is 5.91 Å². The average Bonchev–Trinajstić information content (AvgIpc) is 2.65. The number of ketones is 1. The van der Waals surface area contributed by atoms with Crippen LogP contribution in [0.25, 0.3) is 0 Å². The van der Waals surface area contributed by atoms with Gasteiger partial charge in [-0.2, -0.15) is 0 Å². The van der Waals surface area contributed by atoms with Crippen LogP contribution in [0.1, 0.15) is 55.8 Å². The molecule has 1 saturated heterocycles. The number of para-hydroxylation sites is 1. The number of Topliss-reactive ketones (excluding diaryl/α,β-unsaturated/α-hetero) is 1. The van der Waals surface area contributed by atoms with E-state index in [0.717, 1.165) is 25.9 Å². The molecule has 1 amide bonds. The van der Waals surface area contributed by atoms with Crippen LogP contribution in [0.5, 0.6) is 5.75 Å². The molecule has 0 unspecified atom stereocenters. The molecule has 142 valence electrons. The summed E-state index contributed by atoms with van der Waals surface area (Å²) in [6.45, 7) is 5.38. The molecule has 26 heavy (non-hydrogen) atoms. The standard InChI is InChI=1S/C21H30N2O3/c1-3-4-12-22(2)13-9-20(25)23-14-10-21(11-15-23)16-18(24)17-7-5-6-8-19(17)26-21/h5-8H,3-4,9-16H2,1-2H3. The van der Waals surface area contributed by atoms with Crippen molar-refractivity contribution in [3.05, 3.63) is 29.8 Å². The SMILES string of the molecule is CCCCN(C)CCC(=O)N1CCC2(CC1)CC(=O)c1ccccc1O2. The summed E-state index contributed by atoms with van der Waals surface area (Å²) in [5.41, 5.74) is 0.256. The summed E-state index contributed by atoms with van der Waals surface area (Å²) in [7, 11) is 2.08. The van der Waals surface area contributed by atoms with Crippen molar-refractivity contribution in [3.8, 4) is 5.75 Å². The highest BCUT2D eigenvalue weighted by Crippen LogP contribution is 2.39. The highest BCUT2D eigenvalue weighted by molar-refractivity contribution is 6.00. The van der Waals surface area contributed by atoms with Crippen LogP contribution < -0.4 is 4.74 Å². The largest absolute Gasteiger partial charge is 0.486 e. The van der Waals surface area contributed by atoms with Gasteiger partial charge < -0.3 is 14.5 Å². The predicted octanol–water partition coefficient (Wildman–Crippen LogP) is 3.14. The summed E-state index contributed by atoms with van der Waals surface area (Å²) in [5, 5.41) is 0. The number of hydrogen-bond donors (Lipinski definition) is 0. The van der Waals surface area contributed by atoms with Gasteiger partial charge in [-0.3, -0.25) is 9.59 Å². The number of carbonyl (C=O) groups is 2. The zero-order valence-electron chi connectivity index (χ0n) is 16.0. The second-order valence-electron chi connectivity index (χ2n) is 7.67. The van der Waals surface area contributed by atoms with Gasteiger partial charge in [-0.1, -0.05) is 25.5 Å². The lowest BCUT2D eigenvalue weighted by molar-refractivity contribution is -0.135. The maximum absolute atomic E-state index is 12.5. The molecule has 0 N–H and O–H groups in total. The second kappa shape index (κ2) is 8.21.